The molecule has 1 N–H and O–H groups in total. The average Bonchev–Trinajstić information content (AvgIpc) is 2.97. The second kappa shape index (κ2) is 4.78. The van der Waals surface area contributed by atoms with Gasteiger partial charge in [0, 0.05) is 25.0 Å². The summed E-state index contributed by atoms with van der Waals surface area (Å²) in [5.41, 5.74) is -0.466. The van der Waals surface area contributed by atoms with Crippen LogP contribution < -0.4 is 5.32 Å². The van der Waals surface area contributed by atoms with E-state index in [0.29, 0.717) is 13.1 Å². The molecule has 0 aromatic rings. The number of hydrogen-bond donors (Lipinski definition) is 1. The van der Waals surface area contributed by atoms with Gasteiger partial charge in [0.15, 0.2) is 0 Å². The van der Waals surface area contributed by atoms with Crippen LogP contribution in [0.25, 0.3) is 0 Å². The summed E-state index contributed by atoms with van der Waals surface area (Å²) in [7, 11) is 0. The van der Waals surface area contributed by atoms with E-state index in [4.69, 9.17) is 4.74 Å². The molecule has 0 radical (unpaired) electrons. The molecule has 18 heavy (non-hydrogen) atoms. The Bertz CT molecular complexity index is 345. The van der Waals surface area contributed by atoms with E-state index in [-0.39, 0.29) is 24.0 Å². The van der Waals surface area contributed by atoms with Crippen LogP contribution in [0.4, 0.5) is 4.79 Å². The van der Waals surface area contributed by atoms with Gasteiger partial charge in [0.25, 0.3) is 0 Å². The Labute approximate surface area is 108 Å². The molecule has 2 aliphatic rings. The molecule has 1 aliphatic carbocycles. The minimum Gasteiger partial charge on any atom is -0.444 e. The average molecular weight is 254 g/mol. The third kappa shape index (κ3) is 3.62. The van der Waals surface area contributed by atoms with E-state index in [1.165, 1.54) is 0 Å². The van der Waals surface area contributed by atoms with Crippen molar-refractivity contribution in [2.75, 3.05) is 13.1 Å². The Balaban J connectivity index is 1.77. The number of ether oxygens (including phenoxy) is 1. The highest BCUT2D eigenvalue weighted by molar-refractivity contribution is 5.81. The van der Waals surface area contributed by atoms with Gasteiger partial charge in [0.1, 0.15) is 5.60 Å². The summed E-state index contributed by atoms with van der Waals surface area (Å²) < 4.78 is 5.31. The molecule has 5 nitrogen and oxygen atoms in total. The smallest absolute Gasteiger partial charge is 0.410 e. The van der Waals surface area contributed by atoms with E-state index in [0.717, 1.165) is 19.3 Å². The lowest BCUT2D eigenvalue weighted by molar-refractivity contribution is -0.122. The van der Waals surface area contributed by atoms with Gasteiger partial charge >= 0.3 is 6.09 Å². The molecule has 0 bridgehead atoms. The summed E-state index contributed by atoms with van der Waals surface area (Å²) in [5.74, 6) is 0.367. The SMILES string of the molecule is CC(C)(C)OC(=O)N1CCC(NC(=O)C2CC2)C1. The van der Waals surface area contributed by atoms with Gasteiger partial charge in [0.05, 0.1) is 0 Å². The number of likely N-dealkylation sites (tertiary alicyclic amines) is 1. The highest BCUT2D eigenvalue weighted by Gasteiger charge is 2.34. The van der Waals surface area contributed by atoms with Gasteiger partial charge in [-0.15, -0.1) is 0 Å². The first-order valence-electron chi connectivity index (χ1n) is 6.63. The summed E-state index contributed by atoms with van der Waals surface area (Å²) in [6.07, 6.45) is 2.55. The number of nitrogens with zero attached hydrogens (tertiary/aromatic N) is 1. The van der Waals surface area contributed by atoms with Crippen LogP contribution in [0, 0.1) is 5.92 Å². The molecule has 2 fully saturated rings. The summed E-state index contributed by atoms with van der Waals surface area (Å²) in [5, 5.41) is 3.00. The Morgan fingerprint density at radius 3 is 2.44 bits per heavy atom. The van der Waals surface area contributed by atoms with Gasteiger partial charge in [-0.1, -0.05) is 0 Å². The van der Waals surface area contributed by atoms with Crippen LogP contribution in [0.2, 0.25) is 0 Å². The maximum absolute atomic E-state index is 11.8. The Kier molecular flexibility index (Phi) is 3.50. The van der Waals surface area contributed by atoms with E-state index in [1.807, 2.05) is 20.8 Å². The van der Waals surface area contributed by atoms with Crippen LogP contribution in [-0.2, 0) is 9.53 Å². The minimum absolute atomic E-state index is 0.0885. The van der Waals surface area contributed by atoms with Gasteiger partial charge < -0.3 is 15.0 Å². The number of carbonyl (C=O) groups excluding carboxylic acids is 2. The molecule has 0 aromatic heterocycles. The topological polar surface area (TPSA) is 58.6 Å². The molecule has 0 spiro atoms. The fourth-order valence-corrected chi connectivity index (χ4v) is 2.03. The van der Waals surface area contributed by atoms with Gasteiger partial charge in [-0.05, 0) is 40.0 Å². The first kappa shape index (κ1) is 13.2. The molecular weight excluding hydrogens is 232 g/mol. The van der Waals surface area contributed by atoms with E-state index in [2.05, 4.69) is 5.32 Å². The predicted molar refractivity (Wildman–Crippen MR) is 67.1 cm³/mol. The number of hydrogen-bond acceptors (Lipinski definition) is 3. The van der Waals surface area contributed by atoms with Gasteiger partial charge in [0.2, 0.25) is 5.91 Å². The molecule has 1 heterocycles. The second-order valence-electron chi connectivity index (χ2n) is 6.19. The normalized spacial score (nSPS) is 23.9. The Morgan fingerprint density at radius 1 is 1.22 bits per heavy atom. The van der Waals surface area contributed by atoms with Crippen molar-refractivity contribution in [2.45, 2.75) is 51.7 Å². The van der Waals surface area contributed by atoms with Crippen molar-refractivity contribution in [1.29, 1.82) is 0 Å². The lowest BCUT2D eigenvalue weighted by Crippen LogP contribution is -2.40. The molecular formula is C13H22N2O3. The van der Waals surface area contributed by atoms with Crippen molar-refractivity contribution in [2.24, 2.45) is 5.92 Å². The van der Waals surface area contributed by atoms with Gasteiger partial charge in [-0.25, -0.2) is 4.79 Å². The standard InChI is InChI=1S/C13H22N2O3/c1-13(2,3)18-12(17)15-7-6-10(8-15)14-11(16)9-4-5-9/h9-10H,4-8H2,1-3H3,(H,14,16). The van der Waals surface area contributed by atoms with E-state index in [1.54, 1.807) is 4.90 Å². The summed E-state index contributed by atoms with van der Waals surface area (Å²) >= 11 is 0. The lowest BCUT2D eigenvalue weighted by atomic mass is 10.2. The number of nitrogens with one attached hydrogen (secondary N) is 1. The molecule has 0 aromatic carbocycles. The zero-order chi connectivity index (χ0) is 13.3. The zero-order valence-corrected chi connectivity index (χ0v) is 11.4. The highest BCUT2D eigenvalue weighted by Crippen LogP contribution is 2.29. The van der Waals surface area contributed by atoms with E-state index >= 15 is 0 Å². The van der Waals surface area contributed by atoms with Crippen LogP contribution in [-0.4, -0.2) is 41.6 Å². The molecule has 1 saturated heterocycles. The van der Waals surface area contributed by atoms with Crippen LogP contribution in [0.1, 0.15) is 40.0 Å². The summed E-state index contributed by atoms with van der Waals surface area (Å²) in [6.45, 7) is 6.78. The molecule has 1 saturated carbocycles. The quantitative estimate of drug-likeness (QED) is 0.813. The maximum atomic E-state index is 11.8. The predicted octanol–water partition coefficient (Wildman–Crippen LogP) is 1.52. The zero-order valence-electron chi connectivity index (χ0n) is 11.4. The van der Waals surface area contributed by atoms with Crippen LogP contribution in [0.5, 0.6) is 0 Å². The second-order valence-corrected chi connectivity index (χ2v) is 6.19. The lowest BCUT2D eigenvalue weighted by Gasteiger charge is -2.24. The number of amides is 2. The van der Waals surface area contributed by atoms with Gasteiger partial charge in [-0.2, -0.15) is 0 Å². The molecule has 1 aliphatic heterocycles. The third-order valence-corrected chi connectivity index (χ3v) is 3.13. The summed E-state index contributed by atoms with van der Waals surface area (Å²) in [4.78, 5) is 25.1. The molecule has 1 unspecified atom stereocenters. The molecule has 2 rings (SSSR count). The third-order valence-electron chi connectivity index (χ3n) is 3.13. The van der Waals surface area contributed by atoms with Crippen LogP contribution in [0.3, 0.4) is 0 Å². The van der Waals surface area contributed by atoms with Crippen molar-refractivity contribution < 1.29 is 14.3 Å². The largest absolute Gasteiger partial charge is 0.444 e. The van der Waals surface area contributed by atoms with Crippen molar-refractivity contribution in [3.8, 4) is 0 Å². The van der Waals surface area contributed by atoms with Crippen LogP contribution in [0.15, 0.2) is 0 Å². The maximum Gasteiger partial charge on any atom is 0.410 e. The fourth-order valence-electron chi connectivity index (χ4n) is 2.03. The Morgan fingerprint density at radius 2 is 1.89 bits per heavy atom. The molecule has 1 atom stereocenters. The minimum atomic E-state index is -0.466. The first-order valence-corrected chi connectivity index (χ1v) is 6.63. The fraction of sp³-hybridized carbons (Fsp3) is 0.846. The van der Waals surface area contributed by atoms with Crippen molar-refractivity contribution in [1.82, 2.24) is 10.2 Å². The molecule has 5 heteroatoms. The van der Waals surface area contributed by atoms with E-state index in [9.17, 15) is 9.59 Å². The van der Waals surface area contributed by atoms with Crippen molar-refractivity contribution in [3.63, 3.8) is 0 Å². The highest BCUT2D eigenvalue weighted by atomic mass is 16.6. The molecule has 2 amide bonds. The first-order chi connectivity index (χ1) is 8.35. The summed E-state index contributed by atoms with van der Waals surface area (Å²) in [6, 6.07) is 0.0885. The van der Waals surface area contributed by atoms with Crippen LogP contribution >= 0.6 is 0 Å². The number of rotatable bonds is 2. The monoisotopic (exact) mass is 254 g/mol. The number of carbonyl (C=O) groups is 2. The van der Waals surface area contributed by atoms with E-state index < -0.39 is 5.60 Å². The Hall–Kier alpha value is -1.26. The van der Waals surface area contributed by atoms with Crippen molar-refractivity contribution >= 4 is 12.0 Å². The van der Waals surface area contributed by atoms with Crippen molar-refractivity contribution in [3.05, 3.63) is 0 Å². The van der Waals surface area contributed by atoms with Gasteiger partial charge in [-0.3, -0.25) is 4.79 Å². The molecule has 102 valence electrons.